The van der Waals surface area contributed by atoms with E-state index in [2.05, 4.69) is 20.9 Å². The van der Waals surface area contributed by atoms with Crippen molar-refractivity contribution in [2.24, 2.45) is 0 Å². The van der Waals surface area contributed by atoms with E-state index in [0.29, 0.717) is 21.6 Å². The SMILES string of the molecule is Cc1ccc(N(C(=O)OC(C)(C)C)c2cc(N(C(=O)OC(C)(C)C)C3CC3)c3ncc(Br)n3n2)cc1C. The summed E-state index contributed by atoms with van der Waals surface area (Å²) < 4.78 is 13.7. The number of aromatic nitrogens is 3. The van der Waals surface area contributed by atoms with Gasteiger partial charge in [-0.05, 0) is 107 Å². The molecular formula is C27H34BrN5O4. The van der Waals surface area contributed by atoms with Gasteiger partial charge in [-0.25, -0.2) is 24.0 Å². The highest BCUT2D eigenvalue weighted by atomic mass is 79.9. The average Bonchev–Trinajstić information content (AvgIpc) is 3.51. The number of amides is 2. The number of ether oxygens (including phenoxy) is 2. The first-order valence-corrected chi connectivity index (χ1v) is 13.1. The summed E-state index contributed by atoms with van der Waals surface area (Å²) in [7, 11) is 0. The van der Waals surface area contributed by atoms with Gasteiger partial charge in [-0.2, -0.15) is 0 Å². The normalized spacial score (nSPS) is 14.0. The first-order valence-electron chi connectivity index (χ1n) is 12.3. The van der Waals surface area contributed by atoms with E-state index >= 15 is 0 Å². The fourth-order valence-corrected chi connectivity index (χ4v) is 4.14. The Labute approximate surface area is 225 Å². The summed E-state index contributed by atoms with van der Waals surface area (Å²) in [6.45, 7) is 14.9. The maximum Gasteiger partial charge on any atom is 0.420 e. The average molecular weight is 573 g/mol. The van der Waals surface area contributed by atoms with E-state index in [1.54, 1.807) is 21.7 Å². The molecule has 0 radical (unpaired) electrons. The van der Waals surface area contributed by atoms with Crippen LogP contribution in [0.5, 0.6) is 0 Å². The Morgan fingerprint density at radius 1 is 0.973 bits per heavy atom. The van der Waals surface area contributed by atoms with Gasteiger partial charge in [0.25, 0.3) is 0 Å². The molecule has 9 nitrogen and oxygen atoms in total. The van der Waals surface area contributed by atoms with Gasteiger partial charge in [-0.3, -0.25) is 4.90 Å². The van der Waals surface area contributed by atoms with Crippen molar-refractivity contribution in [1.82, 2.24) is 14.6 Å². The molecular weight excluding hydrogens is 538 g/mol. The molecule has 37 heavy (non-hydrogen) atoms. The van der Waals surface area contributed by atoms with E-state index in [9.17, 15) is 9.59 Å². The minimum Gasteiger partial charge on any atom is -0.443 e. The number of nitrogens with zero attached hydrogens (tertiary/aromatic N) is 5. The smallest absolute Gasteiger partial charge is 0.420 e. The van der Waals surface area contributed by atoms with E-state index in [1.807, 2.05) is 73.6 Å². The molecule has 0 saturated heterocycles. The van der Waals surface area contributed by atoms with Crippen LogP contribution in [-0.4, -0.2) is 44.0 Å². The van der Waals surface area contributed by atoms with Crippen LogP contribution >= 0.6 is 15.9 Å². The predicted molar refractivity (Wildman–Crippen MR) is 147 cm³/mol. The number of halogens is 1. The third-order valence-electron chi connectivity index (χ3n) is 5.71. The molecule has 1 saturated carbocycles. The van der Waals surface area contributed by atoms with Crippen LogP contribution < -0.4 is 9.80 Å². The van der Waals surface area contributed by atoms with Crippen LogP contribution in [-0.2, 0) is 9.47 Å². The van der Waals surface area contributed by atoms with Crippen LogP contribution in [0, 0.1) is 13.8 Å². The van der Waals surface area contributed by atoms with Gasteiger partial charge < -0.3 is 9.47 Å². The highest BCUT2D eigenvalue weighted by Crippen LogP contribution is 2.38. The highest BCUT2D eigenvalue weighted by molar-refractivity contribution is 9.10. The Balaban J connectivity index is 1.92. The second kappa shape index (κ2) is 9.63. The Kier molecular flexibility index (Phi) is 7.00. The molecule has 0 N–H and O–H groups in total. The molecule has 4 rings (SSSR count). The molecule has 0 aliphatic heterocycles. The number of fused-ring (bicyclic) bond motifs is 1. The number of benzene rings is 1. The molecule has 2 aromatic heterocycles. The minimum atomic E-state index is -0.728. The Morgan fingerprint density at radius 3 is 2.16 bits per heavy atom. The van der Waals surface area contributed by atoms with Gasteiger partial charge in [0.15, 0.2) is 11.5 Å². The Hall–Kier alpha value is -3.14. The Morgan fingerprint density at radius 2 is 1.59 bits per heavy atom. The molecule has 10 heteroatoms. The van der Waals surface area contributed by atoms with E-state index < -0.39 is 23.4 Å². The van der Waals surface area contributed by atoms with Crippen LogP contribution in [0.4, 0.5) is 26.8 Å². The standard InChI is InChI=1S/C27H34BrN5O4/c1-16-9-10-19(13-17(16)2)32(25(35)37-27(6,7)8)22-14-20(23-29-15-21(28)33(23)30-22)31(18-11-12-18)24(34)36-26(3,4)5/h9-10,13-15,18H,11-12H2,1-8H3. The highest BCUT2D eigenvalue weighted by Gasteiger charge is 2.39. The van der Waals surface area contributed by atoms with Crippen molar-refractivity contribution in [2.75, 3.05) is 9.80 Å². The number of rotatable bonds is 4. The second-order valence-corrected chi connectivity index (χ2v) is 12.2. The lowest BCUT2D eigenvalue weighted by Crippen LogP contribution is -2.39. The van der Waals surface area contributed by atoms with Gasteiger partial charge in [0.05, 0.1) is 17.6 Å². The zero-order valence-corrected chi connectivity index (χ0v) is 24.2. The van der Waals surface area contributed by atoms with Gasteiger partial charge in [0.1, 0.15) is 15.8 Å². The molecule has 0 spiro atoms. The molecule has 0 unspecified atom stereocenters. The van der Waals surface area contributed by atoms with Crippen LogP contribution in [0.3, 0.4) is 0 Å². The fraction of sp³-hybridized carbons (Fsp3) is 0.481. The maximum atomic E-state index is 13.6. The van der Waals surface area contributed by atoms with Crippen molar-refractivity contribution in [3.8, 4) is 0 Å². The molecule has 1 fully saturated rings. The van der Waals surface area contributed by atoms with E-state index in [-0.39, 0.29) is 11.9 Å². The molecule has 0 bridgehead atoms. The lowest BCUT2D eigenvalue weighted by atomic mass is 10.1. The molecule has 1 aromatic carbocycles. The van der Waals surface area contributed by atoms with Crippen LogP contribution in [0.2, 0.25) is 0 Å². The first kappa shape index (κ1) is 26.9. The summed E-state index contributed by atoms with van der Waals surface area (Å²) in [6.07, 6.45) is 2.25. The number of carbonyl (C=O) groups excluding carboxylic acids is 2. The van der Waals surface area contributed by atoms with Crippen molar-refractivity contribution in [2.45, 2.75) is 85.5 Å². The number of aryl methyl sites for hydroxylation is 2. The van der Waals surface area contributed by atoms with Crippen LogP contribution in [0.1, 0.15) is 65.5 Å². The molecule has 0 atom stereocenters. The van der Waals surface area contributed by atoms with Crippen LogP contribution in [0.15, 0.2) is 35.1 Å². The van der Waals surface area contributed by atoms with Crippen molar-refractivity contribution in [3.05, 3.63) is 46.2 Å². The van der Waals surface area contributed by atoms with Crippen molar-refractivity contribution in [3.63, 3.8) is 0 Å². The predicted octanol–water partition coefficient (Wildman–Crippen LogP) is 7.09. The summed E-state index contributed by atoms with van der Waals surface area (Å²) in [6, 6.07) is 7.40. The number of hydrogen-bond donors (Lipinski definition) is 0. The van der Waals surface area contributed by atoms with Gasteiger partial charge >= 0.3 is 12.2 Å². The zero-order valence-electron chi connectivity index (χ0n) is 22.6. The third kappa shape index (κ3) is 6.06. The monoisotopic (exact) mass is 571 g/mol. The third-order valence-corrected chi connectivity index (χ3v) is 6.25. The van der Waals surface area contributed by atoms with Crippen molar-refractivity contribution < 1.29 is 19.1 Å². The van der Waals surface area contributed by atoms with Gasteiger partial charge in [-0.1, -0.05) is 6.07 Å². The van der Waals surface area contributed by atoms with E-state index in [0.717, 1.165) is 24.0 Å². The first-order chi connectivity index (χ1) is 17.1. The van der Waals surface area contributed by atoms with Crippen LogP contribution in [0.25, 0.3) is 5.65 Å². The number of imidazole rings is 1. The van der Waals surface area contributed by atoms with E-state index in [4.69, 9.17) is 14.6 Å². The van der Waals surface area contributed by atoms with Gasteiger partial charge in [0, 0.05) is 12.1 Å². The minimum absolute atomic E-state index is 0.0269. The lowest BCUT2D eigenvalue weighted by Gasteiger charge is -2.30. The van der Waals surface area contributed by atoms with Gasteiger partial charge in [-0.15, -0.1) is 5.10 Å². The maximum absolute atomic E-state index is 13.6. The van der Waals surface area contributed by atoms with Crippen molar-refractivity contribution >= 4 is 51.0 Å². The summed E-state index contributed by atoms with van der Waals surface area (Å²) in [5.74, 6) is 0.285. The summed E-state index contributed by atoms with van der Waals surface area (Å²) in [5.41, 5.74) is 2.29. The largest absolute Gasteiger partial charge is 0.443 e. The quantitative estimate of drug-likeness (QED) is 0.332. The summed E-state index contributed by atoms with van der Waals surface area (Å²) in [5, 5.41) is 4.72. The van der Waals surface area contributed by atoms with Gasteiger partial charge in [0.2, 0.25) is 0 Å². The number of hydrogen-bond acceptors (Lipinski definition) is 6. The topological polar surface area (TPSA) is 89.3 Å². The summed E-state index contributed by atoms with van der Waals surface area (Å²) in [4.78, 5) is 34.5. The molecule has 1 aliphatic rings. The number of anilines is 3. The summed E-state index contributed by atoms with van der Waals surface area (Å²) >= 11 is 3.50. The molecule has 1 aliphatic carbocycles. The molecule has 3 aromatic rings. The fourth-order valence-electron chi connectivity index (χ4n) is 3.79. The molecule has 2 amide bonds. The van der Waals surface area contributed by atoms with Crippen molar-refractivity contribution in [1.29, 1.82) is 0 Å². The molecule has 198 valence electrons. The Bertz CT molecular complexity index is 1350. The number of carbonyl (C=O) groups is 2. The molecule has 2 heterocycles. The second-order valence-electron chi connectivity index (χ2n) is 11.4. The lowest BCUT2D eigenvalue weighted by molar-refractivity contribution is 0.0574. The van der Waals surface area contributed by atoms with E-state index in [1.165, 1.54) is 4.90 Å². The zero-order chi connectivity index (χ0) is 27.3.